The summed E-state index contributed by atoms with van der Waals surface area (Å²) in [5.41, 5.74) is -3.04. The van der Waals surface area contributed by atoms with Crippen molar-refractivity contribution in [3.05, 3.63) is 41.8 Å². The molecule has 0 atom stereocenters. The van der Waals surface area contributed by atoms with E-state index >= 15 is 0 Å². The molecule has 0 aliphatic rings. The van der Waals surface area contributed by atoms with E-state index in [-0.39, 0.29) is 5.75 Å². The van der Waals surface area contributed by atoms with Crippen LogP contribution in [-0.2, 0) is 6.42 Å². The van der Waals surface area contributed by atoms with Gasteiger partial charge in [-0.15, -0.1) is 8.78 Å². The first-order valence-electron chi connectivity index (χ1n) is 5.99. The van der Waals surface area contributed by atoms with Gasteiger partial charge in [-0.2, -0.15) is 0 Å². The highest BCUT2D eigenvalue weighted by Crippen LogP contribution is 2.26. The molecular formula is C13H11ClF2N2O3. The number of aromatic nitrogens is 1. The molecule has 5 nitrogen and oxygen atoms in total. The molecule has 2 rings (SSSR count). The number of anilines is 1. The Morgan fingerprint density at radius 3 is 2.67 bits per heavy atom. The molecule has 1 amide bonds. The number of halogens is 3. The van der Waals surface area contributed by atoms with Gasteiger partial charge < -0.3 is 14.6 Å². The molecule has 0 bridgehead atoms. The van der Waals surface area contributed by atoms with Gasteiger partial charge in [0.25, 0.3) is 5.91 Å². The monoisotopic (exact) mass is 316 g/mol. The highest BCUT2D eigenvalue weighted by Gasteiger charge is 2.27. The predicted octanol–water partition coefficient (Wildman–Crippen LogP) is 3.66. The number of alkyl halides is 3. The summed E-state index contributed by atoms with van der Waals surface area (Å²) in [6.07, 6.45) is 1.85. The number of rotatable bonds is 5. The lowest BCUT2D eigenvalue weighted by atomic mass is 10.2. The molecule has 0 fully saturated rings. The summed E-state index contributed by atoms with van der Waals surface area (Å²) in [6.45, 7) is 1.83. The van der Waals surface area contributed by atoms with Crippen molar-refractivity contribution in [2.45, 2.75) is 18.9 Å². The fraction of sp³-hybridized carbons (Fsp3) is 0.231. The summed E-state index contributed by atoms with van der Waals surface area (Å²) in [6, 6.07) is 5.35. The lowest BCUT2D eigenvalue weighted by molar-refractivity contribution is -0.0964. The third kappa shape index (κ3) is 4.16. The van der Waals surface area contributed by atoms with Gasteiger partial charge in [-0.25, -0.2) is 0 Å². The van der Waals surface area contributed by atoms with Crippen molar-refractivity contribution in [2.75, 3.05) is 5.32 Å². The average Bonchev–Trinajstić information content (AvgIpc) is 2.87. The van der Waals surface area contributed by atoms with Gasteiger partial charge in [-0.3, -0.25) is 4.79 Å². The largest absolute Gasteiger partial charge is 0.487 e. The molecule has 0 unspecified atom stereocenters. The zero-order valence-electron chi connectivity index (χ0n) is 10.9. The van der Waals surface area contributed by atoms with E-state index < -0.39 is 11.5 Å². The number of hydrogen-bond donors (Lipinski definition) is 1. The van der Waals surface area contributed by atoms with Crippen LogP contribution in [0.25, 0.3) is 0 Å². The highest BCUT2D eigenvalue weighted by molar-refractivity contribution is 6.20. The maximum Gasteiger partial charge on any atom is 0.487 e. The number of benzene rings is 1. The number of hydrogen-bond acceptors (Lipinski definition) is 4. The van der Waals surface area contributed by atoms with Gasteiger partial charge in [0.05, 0.1) is 6.20 Å². The fourth-order valence-electron chi connectivity index (χ4n) is 1.64. The van der Waals surface area contributed by atoms with E-state index in [0.717, 1.165) is 0 Å². The van der Waals surface area contributed by atoms with Crippen LogP contribution < -0.4 is 10.1 Å². The fourth-order valence-corrected chi connectivity index (χ4v) is 1.73. The SMILES string of the molecule is CCc1oncc1C(=O)Nc1ccc(OC(F)(F)Cl)cc1. The van der Waals surface area contributed by atoms with E-state index in [2.05, 4.69) is 26.8 Å². The van der Waals surface area contributed by atoms with Crippen LogP contribution in [0.4, 0.5) is 14.5 Å². The van der Waals surface area contributed by atoms with Gasteiger partial charge >= 0.3 is 5.57 Å². The van der Waals surface area contributed by atoms with Gasteiger partial charge in [0, 0.05) is 23.7 Å². The molecule has 8 heteroatoms. The maximum atomic E-state index is 12.4. The molecule has 0 aliphatic carbocycles. The van der Waals surface area contributed by atoms with E-state index in [0.29, 0.717) is 23.4 Å². The summed E-state index contributed by atoms with van der Waals surface area (Å²) in [5, 5.41) is 6.15. The summed E-state index contributed by atoms with van der Waals surface area (Å²) in [4.78, 5) is 12.0. The number of nitrogens with one attached hydrogen (secondary N) is 1. The maximum absolute atomic E-state index is 12.4. The van der Waals surface area contributed by atoms with Crippen LogP contribution in [0, 0.1) is 0 Å². The first-order chi connectivity index (χ1) is 9.89. The van der Waals surface area contributed by atoms with Crippen molar-refractivity contribution < 1.29 is 22.8 Å². The number of nitrogens with zero attached hydrogens (tertiary/aromatic N) is 1. The Morgan fingerprint density at radius 1 is 1.43 bits per heavy atom. The van der Waals surface area contributed by atoms with E-state index in [9.17, 15) is 13.6 Å². The van der Waals surface area contributed by atoms with Crippen LogP contribution in [0.5, 0.6) is 5.75 Å². The van der Waals surface area contributed by atoms with Crippen LogP contribution in [0.2, 0.25) is 0 Å². The minimum Gasteiger partial charge on any atom is -0.420 e. The van der Waals surface area contributed by atoms with Gasteiger partial charge in [0.1, 0.15) is 17.1 Å². The van der Waals surface area contributed by atoms with Crippen molar-refractivity contribution in [3.8, 4) is 5.75 Å². The summed E-state index contributed by atoms with van der Waals surface area (Å²) < 4.78 is 34.0. The Bertz CT molecular complexity index is 623. The van der Waals surface area contributed by atoms with E-state index in [1.54, 1.807) is 0 Å². The van der Waals surface area contributed by atoms with Crippen LogP contribution >= 0.6 is 11.6 Å². The highest BCUT2D eigenvalue weighted by atomic mass is 35.5. The molecule has 1 aromatic carbocycles. The van der Waals surface area contributed by atoms with Crippen LogP contribution in [0.3, 0.4) is 0 Å². The Kier molecular flexibility index (Phi) is 4.42. The molecule has 1 aromatic heterocycles. The molecular weight excluding hydrogens is 306 g/mol. The summed E-state index contributed by atoms with van der Waals surface area (Å²) >= 11 is 4.65. The quantitative estimate of drug-likeness (QED) is 0.855. The molecule has 1 N–H and O–H groups in total. The molecule has 0 saturated carbocycles. The molecule has 0 spiro atoms. The lowest BCUT2D eigenvalue weighted by Crippen LogP contribution is -2.16. The number of ether oxygens (including phenoxy) is 1. The van der Waals surface area contributed by atoms with Gasteiger partial charge in [-0.05, 0) is 24.3 Å². The van der Waals surface area contributed by atoms with Crippen molar-refractivity contribution in [3.63, 3.8) is 0 Å². The zero-order chi connectivity index (χ0) is 15.5. The van der Waals surface area contributed by atoms with Crippen molar-refractivity contribution in [1.29, 1.82) is 0 Å². The number of carbonyl (C=O) groups is 1. The third-order valence-electron chi connectivity index (χ3n) is 2.56. The van der Waals surface area contributed by atoms with Crippen molar-refractivity contribution in [2.24, 2.45) is 0 Å². The Hall–Kier alpha value is -2.15. The van der Waals surface area contributed by atoms with Gasteiger partial charge in [0.15, 0.2) is 0 Å². The van der Waals surface area contributed by atoms with Crippen molar-refractivity contribution in [1.82, 2.24) is 5.16 Å². The van der Waals surface area contributed by atoms with Crippen LogP contribution in [-0.4, -0.2) is 16.6 Å². The minimum absolute atomic E-state index is 0.118. The zero-order valence-corrected chi connectivity index (χ0v) is 11.7. The second-order valence-electron chi connectivity index (χ2n) is 4.04. The smallest absolute Gasteiger partial charge is 0.420 e. The molecule has 21 heavy (non-hydrogen) atoms. The minimum atomic E-state index is -3.77. The molecule has 0 aliphatic heterocycles. The second kappa shape index (κ2) is 6.09. The first kappa shape index (κ1) is 15.2. The van der Waals surface area contributed by atoms with Crippen molar-refractivity contribution >= 4 is 23.2 Å². The summed E-state index contributed by atoms with van der Waals surface area (Å²) in [7, 11) is 0. The van der Waals surface area contributed by atoms with E-state index in [4.69, 9.17) is 4.52 Å². The molecule has 112 valence electrons. The van der Waals surface area contributed by atoms with Gasteiger partial charge in [0.2, 0.25) is 0 Å². The molecule has 0 radical (unpaired) electrons. The number of amides is 1. The van der Waals surface area contributed by atoms with Gasteiger partial charge in [-0.1, -0.05) is 12.1 Å². The second-order valence-corrected chi connectivity index (χ2v) is 4.48. The predicted molar refractivity (Wildman–Crippen MR) is 71.7 cm³/mol. The van der Waals surface area contributed by atoms with E-state index in [1.165, 1.54) is 30.5 Å². The topological polar surface area (TPSA) is 64.4 Å². The van der Waals surface area contributed by atoms with Crippen LogP contribution in [0.15, 0.2) is 35.0 Å². The summed E-state index contributed by atoms with van der Waals surface area (Å²) in [5.74, 6) is -0.0501. The third-order valence-corrected chi connectivity index (χ3v) is 2.63. The Morgan fingerprint density at radius 2 is 2.10 bits per heavy atom. The molecule has 2 aromatic rings. The normalized spacial score (nSPS) is 11.2. The average molecular weight is 317 g/mol. The Balaban J connectivity index is 2.05. The first-order valence-corrected chi connectivity index (χ1v) is 6.37. The molecule has 0 saturated heterocycles. The molecule has 1 heterocycles. The Labute approximate surface area is 123 Å². The van der Waals surface area contributed by atoms with Crippen LogP contribution in [0.1, 0.15) is 23.0 Å². The number of aryl methyl sites for hydroxylation is 1. The lowest BCUT2D eigenvalue weighted by Gasteiger charge is -2.11. The number of carbonyl (C=O) groups excluding carboxylic acids is 1. The standard InChI is InChI=1S/C13H11ClF2N2O3/c1-2-11-10(7-17-21-11)12(19)18-8-3-5-9(6-4-8)20-13(14,15)16/h3-7H,2H2,1H3,(H,18,19). The van der Waals surface area contributed by atoms with E-state index in [1.807, 2.05) is 6.92 Å².